The number of aliphatic hydroxyl groups is 1. The molecule has 0 radical (unpaired) electrons. The number of rotatable bonds is 5. The van der Waals surface area contributed by atoms with E-state index in [0.29, 0.717) is 18.4 Å². The monoisotopic (exact) mass is 578 g/mol. The van der Waals surface area contributed by atoms with Gasteiger partial charge in [-0.25, -0.2) is 0 Å². The molecule has 0 amide bonds. The largest absolute Gasteiger partial charge is 0.462 e. The number of fused-ring (bicyclic) bond motifs is 3. The van der Waals surface area contributed by atoms with Crippen LogP contribution in [0.3, 0.4) is 0 Å². The Kier molecular flexibility index (Phi) is 7.86. The summed E-state index contributed by atoms with van der Waals surface area (Å²) < 4.78 is 30.0. The van der Waals surface area contributed by atoms with Gasteiger partial charge in [-0.2, -0.15) is 0 Å². The van der Waals surface area contributed by atoms with Gasteiger partial charge in [0.15, 0.2) is 0 Å². The maximum Gasteiger partial charge on any atom is 0.303 e. The lowest BCUT2D eigenvalue weighted by Gasteiger charge is -2.70. The van der Waals surface area contributed by atoms with Crippen molar-refractivity contribution in [3.8, 4) is 0 Å². The van der Waals surface area contributed by atoms with Gasteiger partial charge in [0.25, 0.3) is 0 Å². The summed E-state index contributed by atoms with van der Waals surface area (Å²) in [5.74, 6) is -4.75. The van der Waals surface area contributed by atoms with E-state index in [4.69, 9.17) is 23.7 Å². The number of carbonyl (C=O) groups excluding carboxylic acids is 5. The van der Waals surface area contributed by atoms with Gasteiger partial charge >= 0.3 is 29.8 Å². The van der Waals surface area contributed by atoms with Crippen LogP contribution in [0.2, 0.25) is 0 Å². The molecule has 1 unspecified atom stereocenters. The molecule has 2 bridgehead atoms. The molecular weight excluding hydrogens is 536 g/mol. The molecule has 228 valence electrons. The van der Waals surface area contributed by atoms with Crippen molar-refractivity contribution in [1.82, 2.24) is 0 Å². The van der Waals surface area contributed by atoms with E-state index in [1.807, 2.05) is 20.8 Å². The molecule has 4 saturated carbocycles. The Morgan fingerprint density at radius 1 is 0.756 bits per heavy atom. The number of hydrogen-bond donors (Lipinski definition) is 1. The number of hydrogen-bond acceptors (Lipinski definition) is 11. The van der Waals surface area contributed by atoms with E-state index in [1.54, 1.807) is 0 Å². The van der Waals surface area contributed by atoms with E-state index in [1.165, 1.54) is 34.6 Å². The maximum atomic E-state index is 12.7. The fourth-order valence-electron chi connectivity index (χ4n) is 9.29. The lowest BCUT2D eigenvalue weighted by molar-refractivity contribution is -0.325. The summed E-state index contributed by atoms with van der Waals surface area (Å²) in [6, 6.07) is 0. The van der Waals surface area contributed by atoms with E-state index >= 15 is 0 Å². The van der Waals surface area contributed by atoms with Gasteiger partial charge in [0.05, 0.1) is 11.5 Å². The molecule has 0 aliphatic heterocycles. The first-order valence-corrected chi connectivity index (χ1v) is 14.1. The minimum absolute atomic E-state index is 0.0621. The summed E-state index contributed by atoms with van der Waals surface area (Å²) >= 11 is 0. The van der Waals surface area contributed by atoms with Crippen LogP contribution in [-0.4, -0.2) is 71.6 Å². The zero-order chi connectivity index (χ0) is 30.8. The van der Waals surface area contributed by atoms with E-state index in [0.717, 1.165) is 0 Å². The Morgan fingerprint density at radius 2 is 1.29 bits per heavy atom. The molecule has 0 aromatic heterocycles. The standard InChI is InChI=1S/C30H42O11/c1-13-19-10-20(37-14(2)31)24-29(9)22(38-15(3)32)11-21(36)28(7,8)25(29)23(39-16(4)33)27(41-18(6)35)30(24,12-19)26(13)40-17(5)34/h19-27,36H,1,10-12H2,2-9H3/t19-,20+,21+,22+,23-,24?,25-,26-,27+,29+,30+/m1/s1. The minimum Gasteiger partial charge on any atom is -0.462 e. The number of ether oxygens (including phenoxy) is 5. The lowest BCUT2D eigenvalue weighted by Crippen LogP contribution is -2.77. The van der Waals surface area contributed by atoms with Gasteiger partial charge in [0.1, 0.15) is 30.5 Å². The summed E-state index contributed by atoms with van der Waals surface area (Å²) in [5, 5.41) is 11.4. The first-order chi connectivity index (χ1) is 18.9. The van der Waals surface area contributed by atoms with Gasteiger partial charge in [-0.1, -0.05) is 27.4 Å². The molecule has 0 heterocycles. The Balaban J connectivity index is 2.13. The van der Waals surface area contributed by atoms with Crippen LogP contribution >= 0.6 is 0 Å². The average Bonchev–Trinajstić information content (AvgIpc) is 3.00. The summed E-state index contributed by atoms with van der Waals surface area (Å²) in [7, 11) is 0. The Morgan fingerprint density at radius 3 is 1.80 bits per heavy atom. The highest BCUT2D eigenvalue weighted by Crippen LogP contribution is 2.74. The van der Waals surface area contributed by atoms with Crippen molar-refractivity contribution in [2.24, 2.45) is 34.0 Å². The van der Waals surface area contributed by atoms with Crippen LogP contribution in [0.15, 0.2) is 12.2 Å². The molecule has 4 aliphatic carbocycles. The second-order valence-electron chi connectivity index (χ2n) is 13.1. The second-order valence-corrected chi connectivity index (χ2v) is 13.1. The quantitative estimate of drug-likeness (QED) is 0.291. The molecule has 0 aromatic carbocycles. The third-order valence-corrected chi connectivity index (χ3v) is 10.2. The van der Waals surface area contributed by atoms with Gasteiger partial charge in [-0.15, -0.1) is 0 Å². The molecular formula is C30H42O11. The van der Waals surface area contributed by atoms with E-state index in [2.05, 4.69) is 6.58 Å². The molecule has 1 N–H and O–H groups in total. The van der Waals surface area contributed by atoms with Crippen molar-refractivity contribution in [2.45, 2.75) is 111 Å². The van der Waals surface area contributed by atoms with Crippen LogP contribution in [-0.2, 0) is 47.7 Å². The van der Waals surface area contributed by atoms with Crippen molar-refractivity contribution in [2.75, 3.05) is 0 Å². The van der Waals surface area contributed by atoms with Crippen LogP contribution in [0.5, 0.6) is 0 Å². The molecule has 11 atom stereocenters. The minimum atomic E-state index is -1.26. The highest BCUT2D eigenvalue weighted by atomic mass is 16.6. The van der Waals surface area contributed by atoms with Crippen LogP contribution in [0.1, 0.15) is 74.7 Å². The number of aliphatic hydroxyl groups excluding tert-OH is 1. The SMILES string of the molecule is C=C1[C@@H]2C[C@H](OC(C)=O)C3[C@]4(C)[C@@H](OC(C)=O)C[C@H](O)C(C)(C)[C@H]4[C@@H](OC(C)=O)[C@H](OC(C)=O)[C@]3(C2)[C@@H]1OC(C)=O. The first kappa shape index (κ1) is 31.0. The maximum absolute atomic E-state index is 12.7. The highest BCUT2D eigenvalue weighted by molar-refractivity contribution is 5.69. The van der Waals surface area contributed by atoms with Gasteiger partial charge < -0.3 is 28.8 Å². The molecule has 4 aliphatic rings. The van der Waals surface area contributed by atoms with E-state index in [-0.39, 0.29) is 12.3 Å². The Hall–Kier alpha value is -2.95. The van der Waals surface area contributed by atoms with Crippen LogP contribution in [0.25, 0.3) is 0 Å². The molecule has 4 rings (SSSR count). The van der Waals surface area contributed by atoms with Crippen molar-refractivity contribution in [1.29, 1.82) is 0 Å². The highest BCUT2D eigenvalue weighted by Gasteiger charge is 2.80. The van der Waals surface area contributed by atoms with Gasteiger partial charge in [-0.05, 0) is 29.7 Å². The van der Waals surface area contributed by atoms with Gasteiger partial charge in [0.2, 0.25) is 0 Å². The van der Waals surface area contributed by atoms with E-state index < -0.39 is 94.6 Å². The predicted molar refractivity (Wildman–Crippen MR) is 142 cm³/mol. The average molecular weight is 579 g/mol. The number of esters is 5. The summed E-state index contributed by atoms with van der Waals surface area (Å²) in [6.45, 7) is 16.1. The molecule has 1 spiro atoms. The zero-order valence-corrected chi connectivity index (χ0v) is 25.1. The number of carbonyl (C=O) groups is 5. The smallest absolute Gasteiger partial charge is 0.303 e. The van der Waals surface area contributed by atoms with Crippen LogP contribution in [0.4, 0.5) is 0 Å². The first-order valence-electron chi connectivity index (χ1n) is 14.1. The van der Waals surface area contributed by atoms with Crippen molar-refractivity contribution in [3.63, 3.8) is 0 Å². The fraction of sp³-hybridized carbons (Fsp3) is 0.767. The molecule has 11 nitrogen and oxygen atoms in total. The molecule has 41 heavy (non-hydrogen) atoms. The third kappa shape index (κ3) is 4.73. The van der Waals surface area contributed by atoms with Crippen LogP contribution in [0, 0.1) is 34.0 Å². The lowest BCUT2D eigenvalue weighted by atomic mass is 9.37. The van der Waals surface area contributed by atoms with Crippen molar-refractivity contribution >= 4 is 29.8 Å². The van der Waals surface area contributed by atoms with E-state index in [9.17, 15) is 29.1 Å². The Labute approximate surface area is 240 Å². The Bertz CT molecular complexity index is 1160. The summed E-state index contributed by atoms with van der Waals surface area (Å²) in [5.41, 5.74) is -2.77. The molecule has 11 heteroatoms. The second kappa shape index (κ2) is 10.4. The third-order valence-electron chi connectivity index (χ3n) is 10.2. The molecule has 0 aromatic rings. The topological polar surface area (TPSA) is 152 Å². The van der Waals surface area contributed by atoms with Crippen molar-refractivity contribution in [3.05, 3.63) is 12.2 Å². The fourth-order valence-corrected chi connectivity index (χ4v) is 9.29. The normalized spacial score (nSPS) is 42.2. The summed E-state index contributed by atoms with van der Waals surface area (Å²) in [6.07, 6.45) is -5.23. The van der Waals surface area contributed by atoms with Crippen molar-refractivity contribution < 1.29 is 52.8 Å². The van der Waals surface area contributed by atoms with Crippen LogP contribution < -0.4 is 0 Å². The van der Waals surface area contributed by atoms with Gasteiger partial charge in [-0.3, -0.25) is 24.0 Å². The summed E-state index contributed by atoms with van der Waals surface area (Å²) in [4.78, 5) is 63.0. The predicted octanol–water partition coefficient (Wildman–Crippen LogP) is 2.65. The molecule has 0 saturated heterocycles. The van der Waals surface area contributed by atoms with Gasteiger partial charge in [0, 0.05) is 58.3 Å². The molecule has 4 fully saturated rings. The zero-order valence-electron chi connectivity index (χ0n) is 25.1.